The Balaban J connectivity index is 1.79. The summed E-state index contributed by atoms with van der Waals surface area (Å²) in [4.78, 5) is 17.0. The molecule has 0 radical (unpaired) electrons. The lowest BCUT2D eigenvalue weighted by Crippen LogP contribution is -2.17. The quantitative estimate of drug-likeness (QED) is 0.475. The molecule has 28 heavy (non-hydrogen) atoms. The van der Waals surface area contributed by atoms with Gasteiger partial charge in [0.1, 0.15) is 5.82 Å². The van der Waals surface area contributed by atoms with Crippen molar-refractivity contribution in [1.82, 2.24) is 4.57 Å². The van der Waals surface area contributed by atoms with E-state index in [2.05, 4.69) is 10.9 Å². The number of rotatable bonds is 3. The van der Waals surface area contributed by atoms with Crippen molar-refractivity contribution in [2.45, 2.75) is 13.0 Å². The van der Waals surface area contributed by atoms with Gasteiger partial charge in [0.15, 0.2) is 10.6 Å². The first-order chi connectivity index (χ1) is 13.6. The zero-order valence-electron chi connectivity index (χ0n) is 14.7. The third-order valence-corrected chi connectivity index (χ3v) is 5.41. The fourth-order valence-corrected chi connectivity index (χ4v) is 4.29. The van der Waals surface area contributed by atoms with Gasteiger partial charge < -0.3 is 4.57 Å². The topological polar surface area (TPSA) is 34.4 Å². The minimum atomic E-state index is -0.732. The number of amides is 1. The standard InChI is InChI=1S/C22H14F2N2OS/c1-2-10-26-21-18(24)12-16(23)13-19(21)28-22(26)25-20(27)11-15-8-5-7-14-6-3-4-9-17(14)15/h1,3-9,12-13H,10-11H2. The van der Waals surface area contributed by atoms with E-state index in [0.717, 1.165) is 33.7 Å². The van der Waals surface area contributed by atoms with E-state index in [1.165, 1.54) is 10.6 Å². The Morgan fingerprint density at radius 3 is 2.75 bits per heavy atom. The van der Waals surface area contributed by atoms with Crippen molar-refractivity contribution in [3.05, 3.63) is 76.6 Å². The second-order valence-corrected chi connectivity index (χ2v) is 7.24. The highest BCUT2D eigenvalue weighted by atomic mass is 32.1. The fraction of sp³-hybridized carbons (Fsp3) is 0.0909. The van der Waals surface area contributed by atoms with Crippen molar-refractivity contribution >= 4 is 38.2 Å². The Hall–Kier alpha value is -3.30. The van der Waals surface area contributed by atoms with Gasteiger partial charge in [-0.1, -0.05) is 59.7 Å². The molecule has 1 aromatic heterocycles. The zero-order chi connectivity index (χ0) is 19.7. The minimum absolute atomic E-state index is 0.0307. The summed E-state index contributed by atoms with van der Waals surface area (Å²) in [6.45, 7) is 0.0307. The third kappa shape index (κ3) is 3.32. The molecule has 0 saturated carbocycles. The molecule has 4 aromatic rings. The molecule has 0 saturated heterocycles. The highest BCUT2D eigenvalue weighted by molar-refractivity contribution is 7.16. The number of carbonyl (C=O) groups is 1. The Bertz CT molecular complexity index is 1320. The van der Waals surface area contributed by atoms with Crippen LogP contribution >= 0.6 is 11.3 Å². The number of thiazole rings is 1. The van der Waals surface area contributed by atoms with Crippen molar-refractivity contribution in [3.8, 4) is 12.3 Å². The molecule has 1 amide bonds. The van der Waals surface area contributed by atoms with Crippen LogP contribution in [0.2, 0.25) is 0 Å². The molecule has 138 valence electrons. The van der Waals surface area contributed by atoms with Crippen LogP contribution in [0.25, 0.3) is 21.0 Å². The maximum Gasteiger partial charge on any atom is 0.252 e. The van der Waals surface area contributed by atoms with Gasteiger partial charge in [-0.3, -0.25) is 4.79 Å². The summed E-state index contributed by atoms with van der Waals surface area (Å²) in [5, 5.41) is 2.02. The summed E-state index contributed by atoms with van der Waals surface area (Å²) in [5.41, 5.74) is 1.01. The van der Waals surface area contributed by atoms with Gasteiger partial charge in [-0.25, -0.2) is 8.78 Å². The Morgan fingerprint density at radius 2 is 1.93 bits per heavy atom. The molecule has 0 aliphatic rings. The lowest BCUT2D eigenvalue weighted by atomic mass is 10.0. The second kappa shape index (κ2) is 7.37. The molecule has 6 heteroatoms. The maximum atomic E-state index is 14.3. The number of hydrogen-bond acceptors (Lipinski definition) is 2. The molecular weight excluding hydrogens is 378 g/mol. The van der Waals surface area contributed by atoms with Crippen LogP contribution in [0.15, 0.2) is 59.6 Å². The lowest BCUT2D eigenvalue weighted by Gasteiger charge is -2.04. The van der Waals surface area contributed by atoms with Crippen molar-refractivity contribution in [2.75, 3.05) is 0 Å². The van der Waals surface area contributed by atoms with E-state index >= 15 is 0 Å². The number of fused-ring (bicyclic) bond motifs is 2. The zero-order valence-corrected chi connectivity index (χ0v) is 15.5. The van der Waals surface area contributed by atoms with E-state index in [1.54, 1.807) is 0 Å². The Morgan fingerprint density at radius 1 is 1.14 bits per heavy atom. The smallest absolute Gasteiger partial charge is 0.252 e. The molecule has 0 aliphatic heterocycles. The van der Waals surface area contributed by atoms with Crippen molar-refractivity contribution in [1.29, 1.82) is 0 Å². The predicted molar refractivity (Wildman–Crippen MR) is 107 cm³/mol. The Labute approximate surface area is 163 Å². The van der Waals surface area contributed by atoms with Gasteiger partial charge in [-0.05, 0) is 22.4 Å². The molecule has 0 unspecified atom stereocenters. The van der Waals surface area contributed by atoms with Gasteiger partial charge in [-0.15, -0.1) is 6.42 Å². The first-order valence-corrected chi connectivity index (χ1v) is 9.34. The number of benzene rings is 3. The number of hydrogen-bond donors (Lipinski definition) is 0. The monoisotopic (exact) mass is 392 g/mol. The molecule has 0 N–H and O–H groups in total. The largest absolute Gasteiger partial charge is 0.302 e. The van der Waals surface area contributed by atoms with Crippen molar-refractivity contribution in [2.24, 2.45) is 4.99 Å². The highest BCUT2D eigenvalue weighted by Crippen LogP contribution is 2.23. The van der Waals surface area contributed by atoms with Crippen LogP contribution in [0.4, 0.5) is 8.78 Å². The Kier molecular flexibility index (Phi) is 4.76. The fourth-order valence-electron chi connectivity index (χ4n) is 3.21. The first kappa shape index (κ1) is 18.1. The van der Waals surface area contributed by atoms with E-state index < -0.39 is 11.6 Å². The number of halogens is 2. The summed E-state index contributed by atoms with van der Waals surface area (Å²) in [5.74, 6) is 0.630. The van der Waals surface area contributed by atoms with Crippen molar-refractivity contribution < 1.29 is 13.6 Å². The molecular formula is C22H14F2N2OS. The van der Waals surface area contributed by atoms with E-state index in [0.29, 0.717) is 4.70 Å². The summed E-state index contributed by atoms with van der Waals surface area (Å²) < 4.78 is 29.6. The molecule has 0 spiro atoms. The number of nitrogens with zero attached hydrogens (tertiary/aromatic N) is 2. The van der Waals surface area contributed by atoms with Gasteiger partial charge in [-0.2, -0.15) is 4.99 Å². The molecule has 4 rings (SSSR count). The van der Waals surface area contributed by atoms with Crippen LogP contribution < -0.4 is 4.80 Å². The first-order valence-electron chi connectivity index (χ1n) is 8.53. The van der Waals surface area contributed by atoms with Gasteiger partial charge in [0.2, 0.25) is 0 Å². The highest BCUT2D eigenvalue weighted by Gasteiger charge is 2.14. The summed E-state index contributed by atoms with van der Waals surface area (Å²) >= 11 is 1.03. The van der Waals surface area contributed by atoms with Crippen LogP contribution in [0.3, 0.4) is 0 Å². The normalized spacial score (nSPS) is 11.8. The molecule has 1 heterocycles. The van der Waals surface area contributed by atoms with Gasteiger partial charge in [0.05, 0.1) is 23.2 Å². The summed E-state index contributed by atoms with van der Waals surface area (Å²) in [7, 11) is 0. The predicted octanol–water partition coefficient (Wildman–Crippen LogP) is 4.44. The van der Waals surface area contributed by atoms with Gasteiger partial charge in [0, 0.05) is 6.07 Å². The molecule has 3 aromatic carbocycles. The molecule has 0 atom stereocenters. The molecule has 0 fully saturated rings. The molecule has 0 aliphatic carbocycles. The van der Waals surface area contributed by atoms with E-state index in [1.807, 2.05) is 42.5 Å². The number of terminal acetylenes is 1. The minimum Gasteiger partial charge on any atom is -0.302 e. The van der Waals surface area contributed by atoms with E-state index in [-0.39, 0.29) is 29.2 Å². The van der Waals surface area contributed by atoms with Gasteiger partial charge in [0.25, 0.3) is 5.91 Å². The second-order valence-electron chi connectivity index (χ2n) is 6.23. The maximum absolute atomic E-state index is 14.3. The van der Waals surface area contributed by atoms with Gasteiger partial charge >= 0.3 is 0 Å². The van der Waals surface area contributed by atoms with E-state index in [4.69, 9.17) is 6.42 Å². The third-order valence-electron chi connectivity index (χ3n) is 4.39. The molecule has 0 bridgehead atoms. The van der Waals surface area contributed by atoms with Crippen LogP contribution in [0.5, 0.6) is 0 Å². The SMILES string of the molecule is C#CCn1c(=NC(=O)Cc2cccc3ccccc23)sc2cc(F)cc(F)c21. The van der Waals surface area contributed by atoms with Crippen LogP contribution in [-0.4, -0.2) is 10.5 Å². The van der Waals surface area contributed by atoms with Crippen LogP contribution in [0, 0.1) is 24.0 Å². The van der Waals surface area contributed by atoms with E-state index in [9.17, 15) is 13.6 Å². The average molecular weight is 392 g/mol. The number of carbonyl (C=O) groups excluding carboxylic acids is 1. The summed E-state index contributed by atoms with van der Waals surface area (Å²) in [6, 6.07) is 15.5. The molecule has 3 nitrogen and oxygen atoms in total. The average Bonchev–Trinajstić information content (AvgIpc) is 2.99. The lowest BCUT2D eigenvalue weighted by molar-refractivity contribution is -0.117. The number of aromatic nitrogens is 1. The van der Waals surface area contributed by atoms with Crippen LogP contribution in [0.1, 0.15) is 5.56 Å². The van der Waals surface area contributed by atoms with Crippen molar-refractivity contribution in [3.63, 3.8) is 0 Å². The van der Waals surface area contributed by atoms with Crippen LogP contribution in [-0.2, 0) is 17.8 Å². The summed E-state index contributed by atoms with van der Waals surface area (Å²) in [6.07, 6.45) is 5.49.